The van der Waals surface area contributed by atoms with E-state index in [1.165, 1.54) is 18.2 Å². The van der Waals surface area contributed by atoms with E-state index in [9.17, 15) is 14.9 Å². The van der Waals surface area contributed by atoms with Crippen LogP contribution < -0.4 is 5.32 Å². The fraction of sp³-hybridized carbons (Fsp3) is 0.125. The summed E-state index contributed by atoms with van der Waals surface area (Å²) in [5.74, 6) is -0.342. The first-order valence-electron chi connectivity index (χ1n) is 7.31. The average molecular weight is 412 g/mol. The zero-order chi connectivity index (χ0) is 18.8. The van der Waals surface area contributed by atoms with Crippen LogP contribution in [0.1, 0.15) is 6.92 Å². The topological polar surface area (TPSA) is 98.3 Å². The summed E-state index contributed by atoms with van der Waals surface area (Å²) in [7, 11) is 0. The van der Waals surface area contributed by atoms with Crippen LogP contribution in [-0.2, 0) is 4.79 Å². The number of carbonyl (C=O) groups excluding carboxylic acids is 1. The zero-order valence-corrected chi connectivity index (χ0v) is 15.6. The minimum Gasteiger partial charge on any atom is -0.431 e. The highest BCUT2D eigenvalue weighted by molar-refractivity contribution is 8.00. The number of halogens is 2. The van der Waals surface area contributed by atoms with Crippen LogP contribution in [0.3, 0.4) is 0 Å². The zero-order valence-electron chi connectivity index (χ0n) is 13.2. The number of hydrogen-bond donors (Lipinski definition) is 1. The van der Waals surface area contributed by atoms with Crippen LogP contribution in [0.5, 0.6) is 0 Å². The minimum absolute atomic E-state index is 0.0845. The van der Waals surface area contributed by atoms with Gasteiger partial charge in [-0.05, 0) is 31.2 Å². The summed E-state index contributed by atoms with van der Waals surface area (Å²) < 4.78 is 5.57. The smallest absolute Gasteiger partial charge is 0.271 e. The monoisotopic (exact) mass is 411 g/mol. The maximum Gasteiger partial charge on any atom is 0.271 e. The third-order valence-corrected chi connectivity index (χ3v) is 4.89. The number of nitro groups is 1. The number of hydrogen-bond acceptors (Lipinski definition) is 6. The van der Waals surface area contributed by atoms with Gasteiger partial charge >= 0.3 is 0 Å². The molecule has 0 aliphatic rings. The van der Waals surface area contributed by atoms with E-state index in [1.54, 1.807) is 25.1 Å². The molecular formula is C16H11Cl2N3O4S. The second-order valence-electron chi connectivity index (χ2n) is 5.26. The third kappa shape index (κ3) is 4.09. The molecule has 0 radical (unpaired) electrons. The Kier molecular flexibility index (Phi) is 5.36. The number of non-ortho nitro benzene ring substituents is 1. The molecule has 0 saturated heterocycles. The summed E-state index contributed by atoms with van der Waals surface area (Å²) in [6.07, 6.45) is 0. The number of thioether (sulfide) groups is 1. The molecule has 0 saturated carbocycles. The van der Waals surface area contributed by atoms with E-state index in [-0.39, 0.29) is 16.6 Å². The van der Waals surface area contributed by atoms with Gasteiger partial charge in [-0.2, -0.15) is 0 Å². The lowest BCUT2D eigenvalue weighted by Gasteiger charge is -2.11. The van der Waals surface area contributed by atoms with E-state index in [2.05, 4.69) is 10.3 Å². The van der Waals surface area contributed by atoms with Gasteiger partial charge in [-0.3, -0.25) is 14.9 Å². The summed E-state index contributed by atoms with van der Waals surface area (Å²) >= 11 is 13.0. The lowest BCUT2D eigenvalue weighted by molar-refractivity contribution is -0.384. The van der Waals surface area contributed by atoms with E-state index in [0.717, 1.165) is 11.8 Å². The van der Waals surface area contributed by atoms with Crippen LogP contribution in [0, 0.1) is 10.1 Å². The van der Waals surface area contributed by atoms with Crippen molar-refractivity contribution in [2.45, 2.75) is 17.4 Å². The second-order valence-corrected chi connectivity index (χ2v) is 7.40. The van der Waals surface area contributed by atoms with Crippen LogP contribution in [0.15, 0.2) is 46.0 Å². The summed E-state index contributed by atoms with van der Waals surface area (Å²) in [4.78, 5) is 26.8. The number of nitrogens with zero attached hydrogens (tertiary/aromatic N) is 2. The van der Waals surface area contributed by atoms with Crippen molar-refractivity contribution in [3.63, 3.8) is 0 Å². The maximum absolute atomic E-state index is 12.3. The lowest BCUT2D eigenvalue weighted by Crippen LogP contribution is -2.22. The Hall–Kier alpha value is -2.29. The van der Waals surface area contributed by atoms with Crippen molar-refractivity contribution in [1.82, 2.24) is 4.98 Å². The van der Waals surface area contributed by atoms with Crippen molar-refractivity contribution in [2.24, 2.45) is 0 Å². The molecule has 1 atom stereocenters. The molecule has 10 heteroatoms. The van der Waals surface area contributed by atoms with E-state index in [4.69, 9.17) is 27.6 Å². The molecule has 0 bridgehead atoms. The van der Waals surface area contributed by atoms with Crippen molar-refractivity contribution in [2.75, 3.05) is 5.32 Å². The van der Waals surface area contributed by atoms with Gasteiger partial charge in [0.2, 0.25) is 5.91 Å². The van der Waals surface area contributed by atoms with Crippen LogP contribution in [0.25, 0.3) is 11.1 Å². The number of nitro benzene ring substituents is 1. The number of benzene rings is 2. The van der Waals surface area contributed by atoms with Crippen molar-refractivity contribution in [3.8, 4) is 0 Å². The van der Waals surface area contributed by atoms with Gasteiger partial charge < -0.3 is 9.73 Å². The largest absolute Gasteiger partial charge is 0.431 e. The second kappa shape index (κ2) is 7.53. The van der Waals surface area contributed by atoms with Crippen molar-refractivity contribution in [3.05, 3.63) is 56.6 Å². The highest BCUT2D eigenvalue weighted by Gasteiger charge is 2.20. The van der Waals surface area contributed by atoms with E-state index < -0.39 is 10.2 Å². The number of anilines is 1. The van der Waals surface area contributed by atoms with Crippen molar-refractivity contribution >= 4 is 63.3 Å². The normalized spacial score (nSPS) is 12.1. The van der Waals surface area contributed by atoms with Gasteiger partial charge in [0.25, 0.3) is 10.9 Å². The summed E-state index contributed by atoms with van der Waals surface area (Å²) in [6, 6.07) is 8.90. The number of aromatic nitrogens is 1. The quantitative estimate of drug-likeness (QED) is 0.353. The van der Waals surface area contributed by atoms with E-state index in [0.29, 0.717) is 27.0 Å². The number of fused-ring (bicyclic) bond motifs is 1. The van der Waals surface area contributed by atoms with Crippen molar-refractivity contribution < 1.29 is 14.1 Å². The van der Waals surface area contributed by atoms with Gasteiger partial charge in [0.1, 0.15) is 5.52 Å². The molecule has 1 aromatic heterocycles. The molecule has 1 unspecified atom stereocenters. The number of amides is 1. The Morgan fingerprint density at radius 1 is 1.31 bits per heavy atom. The van der Waals surface area contributed by atoms with Crippen molar-refractivity contribution in [1.29, 1.82) is 0 Å². The number of nitrogens with one attached hydrogen (secondary N) is 1. The molecular weight excluding hydrogens is 401 g/mol. The molecule has 3 rings (SSSR count). The molecule has 0 aliphatic heterocycles. The van der Waals surface area contributed by atoms with Crippen LogP contribution >= 0.6 is 35.0 Å². The molecule has 1 heterocycles. The number of rotatable bonds is 5. The Morgan fingerprint density at radius 2 is 2.08 bits per heavy atom. The molecule has 3 aromatic rings. The van der Waals surface area contributed by atoms with E-state index in [1.807, 2.05) is 0 Å². The Labute approximate surface area is 161 Å². The third-order valence-electron chi connectivity index (χ3n) is 3.40. The number of carbonyl (C=O) groups is 1. The molecule has 1 amide bonds. The van der Waals surface area contributed by atoms with Crippen LogP contribution in [0.4, 0.5) is 11.4 Å². The highest BCUT2D eigenvalue weighted by Crippen LogP contribution is 2.30. The van der Waals surface area contributed by atoms with Gasteiger partial charge in [0, 0.05) is 17.2 Å². The predicted molar refractivity (Wildman–Crippen MR) is 101 cm³/mol. The molecule has 1 N–H and O–H groups in total. The average Bonchev–Trinajstić information content (AvgIpc) is 2.97. The molecule has 0 spiro atoms. The van der Waals surface area contributed by atoms with Gasteiger partial charge in [0.05, 0.1) is 20.9 Å². The standard InChI is InChI=1S/C16H11Cl2N3O4S/c1-8(26-16-20-13-6-9(17)2-5-14(13)25-16)15(22)19-12-4-3-10(21(23)24)7-11(12)18/h2-8H,1H3,(H,19,22). The molecule has 134 valence electrons. The molecule has 0 fully saturated rings. The fourth-order valence-corrected chi connectivity index (χ4v) is 3.23. The first-order valence-corrected chi connectivity index (χ1v) is 8.94. The molecule has 0 aliphatic carbocycles. The predicted octanol–water partition coefficient (Wildman–Crippen LogP) is 5.16. The lowest BCUT2D eigenvalue weighted by atomic mass is 10.2. The Balaban J connectivity index is 1.70. The summed E-state index contributed by atoms with van der Waals surface area (Å²) in [6.45, 7) is 1.68. The van der Waals surface area contributed by atoms with Gasteiger partial charge in [0.15, 0.2) is 5.58 Å². The molecule has 2 aromatic carbocycles. The fourth-order valence-electron chi connectivity index (χ4n) is 2.09. The Bertz CT molecular complexity index is 1010. The van der Waals surface area contributed by atoms with Gasteiger partial charge in [-0.15, -0.1) is 0 Å². The maximum atomic E-state index is 12.3. The van der Waals surface area contributed by atoms with Gasteiger partial charge in [-0.1, -0.05) is 35.0 Å². The first kappa shape index (κ1) is 18.5. The minimum atomic E-state index is -0.560. The number of oxazole rings is 1. The van der Waals surface area contributed by atoms with E-state index >= 15 is 0 Å². The summed E-state index contributed by atoms with van der Waals surface area (Å²) in [5.41, 5.74) is 1.31. The highest BCUT2D eigenvalue weighted by atomic mass is 35.5. The van der Waals surface area contributed by atoms with Crippen LogP contribution in [-0.4, -0.2) is 21.1 Å². The molecule has 26 heavy (non-hydrogen) atoms. The summed E-state index contributed by atoms with van der Waals surface area (Å²) in [5, 5.41) is 13.8. The molecule has 7 nitrogen and oxygen atoms in total. The SMILES string of the molecule is CC(Sc1nc2cc(Cl)ccc2o1)C(=O)Nc1ccc([N+](=O)[O-])cc1Cl. The Morgan fingerprint density at radius 3 is 2.77 bits per heavy atom. The van der Waals surface area contributed by atoms with Crippen LogP contribution in [0.2, 0.25) is 10.0 Å². The van der Waals surface area contributed by atoms with Gasteiger partial charge in [-0.25, -0.2) is 4.98 Å². The first-order chi connectivity index (χ1) is 12.3.